The largest absolute Gasteiger partial charge is 0.392 e. The molecule has 0 unspecified atom stereocenters. The Morgan fingerprint density at radius 1 is 1.36 bits per heavy atom. The van der Waals surface area contributed by atoms with E-state index >= 15 is 0 Å². The Bertz CT molecular complexity index is 238. The van der Waals surface area contributed by atoms with Crippen LogP contribution >= 0.6 is 0 Å². The van der Waals surface area contributed by atoms with Crippen molar-refractivity contribution in [2.75, 3.05) is 0 Å². The van der Waals surface area contributed by atoms with Crippen LogP contribution in [-0.2, 0) is 6.61 Å². The SMILES string of the molecule is CC=Nc1ccc(CO)cc1. The molecular formula is C9H11NO. The molecule has 0 saturated heterocycles. The summed E-state index contributed by atoms with van der Waals surface area (Å²) in [6.07, 6.45) is 1.74. The summed E-state index contributed by atoms with van der Waals surface area (Å²) < 4.78 is 0. The molecule has 11 heavy (non-hydrogen) atoms. The summed E-state index contributed by atoms with van der Waals surface area (Å²) in [4.78, 5) is 4.08. The van der Waals surface area contributed by atoms with E-state index in [0.717, 1.165) is 11.3 Å². The van der Waals surface area contributed by atoms with Crippen molar-refractivity contribution in [1.82, 2.24) is 0 Å². The zero-order valence-electron chi connectivity index (χ0n) is 6.49. The minimum Gasteiger partial charge on any atom is -0.392 e. The summed E-state index contributed by atoms with van der Waals surface area (Å²) in [6, 6.07) is 7.49. The molecule has 1 N–H and O–H groups in total. The number of nitrogens with zero attached hydrogens (tertiary/aromatic N) is 1. The maximum Gasteiger partial charge on any atom is 0.0681 e. The number of aliphatic hydroxyl groups is 1. The molecule has 2 nitrogen and oxygen atoms in total. The molecule has 0 aromatic heterocycles. The molecule has 0 aliphatic rings. The van der Waals surface area contributed by atoms with Gasteiger partial charge in [-0.2, -0.15) is 0 Å². The zero-order valence-corrected chi connectivity index (χ0v) is 6.49. The third-order valence-corrected chi connectivity index (χ3v) is 1.40. The fourth-order valence-corrected chi connectivity index (χ4v) is 0.836. The van der Waals surface area contributed by atoms with Crippen molar-refractivity contribution in [1.29, 1.82) is 0 Å². The quantitative estimate of drug-likeness (QED) is 0.640. The molecule has 0 heterocycles. The molecular weight excluding hydrogens is 138 g/mol. The number of rotatable bonds is 2. The maximum atomic E-state index is 8.72. The second-order valence-corrected chi connectivity index (χ2v) is 2.21. The predicted octanol–water partition coefficient (Wildman–Crippen LogP) is 1.90. The van der Waals surface area contributed by atoms with Crippen LogP contribution < -0.4 is 0 Å². The van der Waals surface area contributed by atoms with Gasteiger partial charge in [0.15, 0.2) is 0 Å². The van der Waals surface area contributed by atoms with Crippen LogP contribution in [-0.4, -0.2) is 11.3 Å². The Balaban J connectivity index is 2.82. The molecule has 0 spiro atoms. The van der Waals surface area contributed by atoms with E-state index in [-0.39, 0.29) is 6.61 Å². The molecule has 0 atom stereocenters. The van der Waals surface area contributed by atoms with Gasteiger partial charge in [-0.3, -0.25) is 4.99 Å². The maximum absolute atomic E-state index is 8.72. The normalized spacial score (nSPS) is 10.7. The third-order valence-electron chi connectivity index (χ3n) is 1.40. The van der Waals surface area contributed by atoms with Crippen LogP contribution in [0.3, 0.4) is 0 Å². The molecule has 58 valence electrons. The van der Waals surface area contributed by atoms with E-state index in [1.807, 2.05) is 31.2 Å². The average molecular weight is 149 g/mol. The van der Waals surface area contributed by atoms with Crippen molar-refractivity contribution >= 4 is 11.9 Å². The third kappa shape index (κ3) is 2.16. The average Bonchev–Trinajstić information content (AvgIpc) is 2.07. The number of hydrogen-bond donors (Lipinski definition) is 1. The minimum atomic E-state index is 0.0934. The smallest absolute Gasteiger partial charge is 0.0681 e. The lowest BCUT2D eigenvalue weighted by Gasteiger charge is -1.95. The van der Waals surface area contributed by atoms with Gasteiger partial charge in [-0.15, -0.1) is 0 Å². The summed E-state index contributed by atoms with van der Waals surface area (Å²) in [5.74, 6) is 0. The first-order chi connectivity index (χ1) is 5.36. The summed E-state index contributed by atoms with van der Waals surface area (Å²) in [5.41, 5.74) is 1.84. The van der Waals surface area contributed by atoms with E-state index in [0.29, 0.717) is 0 Å². The van der Waals surface area contributed by atoms with Gasteiger partial charge in [-0.25, -0.2) is 0 Å². The van der Waals surface area contributed by atoms with Gasteiger partial charge in [-0.05, 0) is 24.6 Å². The first kappa shape index (κ1) is 7.95. The fourth-order valence-electron chi connectivity index (χ4n) is 0.836. The van der Waals surface area contributed by atoms with Crippen LogP contribution in [0.4, 0.5) is 5.69 Å². The van der Waals surface area contributed by atoms with Crippen molar-refractivity contribution < 1.29 is 5.11 Å². The Morgan fingerprint density at radius 3 is 2.45 bits per heavy atom. The molecule has 1 rings (SSSR count). The number of aliphatic imine (C=N–C) groups is 1. The Labute approximate surface area is 66.2 Å². The lowest BCUT2D eigenvalue weighted by Crippen LogP contribution is -1.79. The monoisotopic (exact) mass is 149 g/mol. The van der Waals surface area contributed by atoms with Crippen LogP contribution in [0, 0.1) is 0 Å². The van der Waals surface area contributed by atoms with E-state index in [1.54, 1.807) is 6.21 Å². The van der Waals surface area contributed by atoms with Crippen LogP contribution in [0.1, 0.15) is 12.5 Å². The van der Waals surface area contributed by atoms with Gasteiger partial charge in [0, 0.05) is 6.21 Å². The van der Waals surface area contributed by atoms with Crippen LogP contribution in [0.15, 0.2) is 29.3 Å². The summed E-state index contributed by atoms with van der Waals surface area (Å²) >= 11 is 0. The van der Waals surface area contributed by atoms with Crippen molar-refractivity contribution in [2.45, 2.75) is 13.5 Å². The highest BCUT2D eigenvalue weighted by molar-refractivity contribution is 5.60. The Kier molecular flexibility index (Phi) is 2.81. The first-order valence-electron chi connectivity index (χ1n) is 3.55. The summed E-state index contributed by atoms with van der Waals surface area (Å²) in [7, 11) is 0. The van der Waals surface area contributed by atoms with Crippen LogP contribution in [0.2, 0.25) is 0 Å². The number of aliphatic hydroxyl groups excluding tert-OH is 1. The van der Waals surface area contributed by atoms with E-state index in [9.17, 15) is 0 Å². The van der Waals surface area contributed by atoms with Crippen molar-refractivity contribution in [3.8, 4) is 0 Å². The number of benzene rings is 1. The van der Waals surface area contributed by atoms with Crippen molar-refractivity contribution in [2.24, 2.45) is 4.99 Å². The standard InChI is InChI=1S/C9H11NO/c1-2-10-9-5-3-8(7-11)4-6-9/h2-6,11H,7H2,1H3. The lowest BCUT2D eigenvalue weighted by atomic mass is 10.2. The summed E-state index contributed by atoms with van der Waals surface area (Å²) in [5, 5.41) is 8.72. The molecule has 0 fully saturated rings. The zero-order chi connectivity index (χ0) is 8.10. The van der Waals surface area contributed by atoms with Crippen molar-refractivity contribution in [3.05, 3.63) is 29.8 Å². The number of hydrogen-bond acceptors (Lipinski definition) is 2. The van der Waals surface area contributed by atoms with Crippen LogP contribution in [0.25, 0.3) is 0 Å². The predicted molar refractivity (Wildman–Crippen MR) is 46.2 cm³/mol. The fraction of sp³-hybridized carbons (Fsp3) is 0.222. The second kappa shape index (κ2) is 3.88. The van der Waals surface area contributed by atoms with E-state index in [1.165, 1.54) is 0 Å². The Morgan fingerprint density at radius 2 is 2.00 bits per heavy atom. The molecule has 0 aliphatic heterocycles. The molecule has 0 saturated carbocycles. The molecule has 0 aliphatic carbocycles. The van der Waals surface area contributed by atoms with Gasteiger partial charge < -0.3 is 5.11 Å². The molecule has 0 radical (unpaired) electrons. The molecule has 0 amide bonds. The molecule has 1 aromatic rings. The highest BCUT2D eigenvalue weighted by Gasteiger charge is 1.88. The minimum absolute atomic E-state index is 0.0934. The summed E-state index contributed by atoms with van der Waals surface area (Å²) in [6.45, 7) is 1.97. The topological polar surface area (TPSA) is 32.6 Å². The Hall–Kier alpha value is -1.15. The lowest BCUT2D eigenvalue weighted by molar-refractivity contribution is 0.282. The molecule has 1 aromatic carbocycles. The van der Waals surface area contributed by atoms with Gasteiger partial charge in [-0.1, -0.05) is 12.1 Å². The van der Waals surface area contributed by atoms with Gasteiger partial charge in [0.2, 0.25) is 0 Å². The first-order valence-corrected chi connectivity index (χ1v) is 3.55. The van der Waals surface area contributed by atoms with Crippen LogP contribution in [0.5, 0.6) is 0 Å². The van der Waals surface area contributed by atoms with E-state index < -0.39 is 0 Å². The molecule has 2 heteroatoms. The van der Waals surface area contributed by atoms with Gasteiger partial charge in [0.1, 0.15) is 0 Å². The van der Waals surface area contributed by atoms with E-state index in [2.05, 4.69) is 4.99 Å². The molecule has 0 bridgehead atoms. The highest BCUT2D eigenvalue weighted by atomic mass is 16.3. The van der Waals surface area contributed by atoms with E-state index in [4.69, 9.17) is 5.11 Å². The van der Waals surface area contributed by atoms with Gasteiger partial charge in [0.25, 0.3) is 0 Å². The van der Waals surface area contributed by atoms with Gasteiger partial charge in [0.05, 0.1) is 12.3 Å². The van der Waals surface area contributed by atoms with Gasteiger partial charge >= 0.3 is 0 Å². The second-order valence-electron chi connectivity index (χ2n) is 2.21. The van der Waals surface area contributed by atoms with Crippen molar-refractivity contribution in [3.63, 3.8) is 0 Å². The highest BCUT2D eigenvalue weighted by Crippen LogP contribution is 2.11.